The van der Waals surface area contributed by atoms with Crippen molar-refractivity contribution >= 4 is 23.5 Å². The molecule has 0 spiro atoms. The number of aromatic nitrogens is 2. The summed E-state index contributed by atoms with van der Waals surface area (Å²) in [5, 5.41) is 2.36. The molecule has 12 heteroatoms. The molecule has 2 heterocycles. The number of amides is 3. The van der Waals surface area contributed by atoms with Crippen molar-refractivity contribution in [3.8, 4) is 0 Å². The first kappa shape index (κ1) is 22.8. The number of ketones is 1. The lowest BCUT2D eigenvalue weighted by Gasteiger charge is -2.22. The lowest BCUT2D eigenvalue weighted by atomic mass is 9.92. The Morgan fingerprint density at radius 3 is 2.41 bits per heavy atom. The number of benzene rings is 1. The largest absolute Gasteiger partial charge is 0.384 e. The molecule has 32 heavy (non-hydrogen) atoms. The van der Waals surface area contributed by atoms with Crippen LogP contribution < -0.4 is 22.3 Å². The standard InChI is InChI=1S/C20H21F2N5O5/c1-4-7-26-15(23)14(16(29)25(3)19(26)32)13(28)9-27-17(30)20(2,24-18(27)31)10-5-6-11(21)12(22)8-10/h5-6,8H,4,7,9,23H2,1-3H3,(H,24,31). The number of Topliss-reactive ketones (excluding diaryl/α,β-unsaturated/α-hetero) is 1. The highest BCUT2D eigenvalue weighted by molar-refractivity contribution is 6.12. The van der Waals surface area contributed by atoms with Gasteiger partial charge in [-0.05, 0) is 31.0 Å². The summed E-state index contributed by atoms with van der Waals surface area (Å²) in [6.07, 6.45) is 0.496. The van der Waals surface area contributed by atoms with Gasteiger partial charge in [-0.3, -0.25) is 28.4 Å². The van der Waals surface area contributed by atoms with E-state index in [1.807, 2.05) is 0 Å². The average molecular weight is 449 g/mol. The molecule has 10 nitrogen and oxygen atoms in total. The number of hydrogen-bond acceptors (Lipinski definition) is 6. The zero-order valence-electron chi connectivity index (χ0n) is 17.6. The third kappa shape index (κ3) is 3.47. The van der Waals surface area contributed by atoms with Crippen LogP contribution in [-0.2, 0) is 23.9 Å². The van der Waals surface area contributed by atoms with E-state index in [0.29, 0.717) is 11.3 Å². The van der Waals surface area contributed by atoms with Crippen LogP contribution in [0.2, 0.25) is 0 Å². The SMILES string of the molecule is CCCn1c(N)c(C(=O)CN2C(=O)NC(C)(c3ccc(F)c(F)c3)C2=O)c(=O)n(C)c1=O. The molecule has 1 fully saturated rings. The van der Waals surface area contributed by atoms with Crippen LogP contribution in [0.15, 0.2) is 27.8 Å². The van der Waals surface area contributed by atoms with Crippen molar-refractivity contribution in [3.05, 3.63) is 61.8 Å². The molecule has 1 aliphatic heterocycles. The van der Waals surface area contributed by atoms with Gasteiger partial charge >= 0.3 is 11.7 Å². The highest BCUT2D eigenvalue weighted by Crippen LogP contribution is 2.30. The minimum atomic E-state index is -1.76. The quantitative estimate of drug-likeness (QED) is 0.486. The second kappa shape index (κ2) is 8.02. The Kier molecular flexibility index (Phi) is 5.73. The fourth-order valence-corrected chi connectivity index (χ4v) is 3.55. The van der Waals surface area contributed by atoms with Crippen molar-refractivity contribution in [1.82, 2.24) is 19.4 Å². The van der Waals surface area contributed by atoms with E-state index in [1.54, 1.807) is 6.92 Å². The molecule has 3 rings (SSSR count). The molecule has 1 saturated heterocycles. The summed E-state index contributed by atoms with van der Waals surface area (Å²) in [5.74, 6) is -4.56. The fraction of sp³-hybridized carbons (Fsp3) is 0.350. The van der Waals surface area contributed by atoms with E-state index in [0.717, 1.165) is 27.3 Å². The molecule has 0 saturated carbocycles. The average Bonchev–Trinajstić information content (AvgIpc) is 2.95. The Morgan fingerprint density at radius 2 is 1.81 bits per heavy atom. The molecule has 2 aromatic rings. The fourth-order valence-electron chi connectivity index (χ4n) is 3.55. The van der Waals surface area contributed by atoms with Crippen molar-refractivity contribution in [2.45, 2.75) is 32.4 Å². The predicted molar refractivity (Wildman–Crippen MR) is 109 cm³/mol. The van der Waals surface area contributed by atoms with Crippen molar-refractivity contribution in [2.75, 3.05) is 12.3 Å². The minimum Gasteiger partial charge on any atom is -0.384 e. The molecule has 1 unspecified atom stereocenters. The topological polar surface area (TPSA) is 136 Å². The Hall–Kier alpha value is -3.83. The number of rotatable bonds is 6. The first-order chi connectivity index (χ1) is 14.9. The van der Waals surface area contributed by atoms with Gasteiger partial charge in [0.05, 0.1) is 6.54 Å². The smallest absolute Gasteiger partial charge is 0.332 e. The van der Waals surface area contributed by atoms with Gasteiger partial charge < -0.3 is 11.1 Å². The number of nitrogens with two attached hydrogens (primary N) is 1. The van der Waals surface area contributed by atoms with Crippen LogP contribution in [0.25, 0.3) is 0 Å². The molecule has 170 valence electrons. The highest BCUT2D eigenvalue weighted by Gasteiger charge is 2.50. The first-order valence-corrected chi connectivity index (χ1v) is 9.66. The Morgan fingerprint density at radius 1 is 1.16 bits per heavy atom. The third-order valence-electron chi connectivity index (χ3n) is 5.38. The summed E-state index contributed by atoms with van der Waals surface area (Å²) < 4.78 is 28.7. The number of anilines is 1. The summed E-state index contributed by atoms with van der Waals surface area (Å²) in [6.45, 7) is 2.36. The Labute approximate surface area is 180 Å². The summed E-state index contributed by atoms with van der Waals surface area (Å²) >= 11 is 0. The van der Waals surface area contributed by atoms with E-state index >= 15 is 0 Å². The van der Waals surface area contributed by atoms with Gasteiger partial charge in [-0.2, -0.15) is 0 Å². The zero-order valence-corrected chi connectivity index (χ0v) is 17.6. The van der Waals surface area contributed by atoms with Gasteiger partial charge in [0, 0.05) is 13.6 Å². The van der Waals surface area contributed by atoms with E-state index in [4.69, 9.17) is 5.73 Å². The van der Waals surface area contributed by atoms with Gasteiger partial charge in [-0.15, -0.1) is 0 Å². The van der Waals surface area contributed by atoms with Gasteiger partial charge in [0.1, 0.15) is 16.9 Å². The van der Waals surface area contributed by atoms with Crippen LogP contribution in [0.3, 0.4) is 0 Å². The molecule has 0 radical (unpaired) electrons. The van der Waals surface area contributed by atoms with E-state index in [-0.39, 0.29) is 17.9 Å². The molecule has 3 N–H and O–H groups in total. The normalized spacial score (nSPS) is 18.2. The molecule has 3 amide bonds. The first-order valence-electron chi connectivity index (χ1n) is 9.66. The Balaban J connectivity index is 1.98. The molecular formula is C20H21F2N5O5. The second-order valence-corrected chi connectivity index (χ2v) is 7.56. The van der Waals surface area contributed by atoms with Crippen molar-refractivity contribution in [1.29, 1.82) is 0 Å². The van der Waals surface area contributed by atoms with Crippen LogP contribution in [0, 0.1) is 11.6 Å². The third-order valence-corrected chi connectivity index (χ3v) is 5.38. The van der Waals surface area contributed by atoms with Crippen LogP contribution in [0.4, 0.5) is 19.4 Å². The zero-order chi connectivity index (χ0) is 24.0. The van der Waals surface area contributed by atoms with Gasteiger partial charge in [-0.1, -0.05) is 13.0 Å². The number of carbonyl (C=O) groups excluding carboxylic acids is 3. The van der Waals surface area contributed by atoms with Crippen LogP contribution in [-0.4, -0.2) is 38.3 Å². The molecule has 1 aliphatic rings. The van der Waals surface area contributed by atoms with Crippen molar-refractivity contribution in [3.63, 3.8) is 0 Å². The summed E-state index contributed by atoms with van der Waals surface area (Å²) in [6, 6.07) is 1.75. The van der Waals surface area contributed by atoms with E-state index in [2.05, 4.69) is 5.32 Å². The monoisotopic (exact) mass is 449 g/mol. The van der Waals surface area contributed by atoms with Gasteiger partial charge in [-0.25, -0.2) is 18.4 Å². The Bertz CT molecular complexity index is 1270. The lowest BCUT2D eigenvalue weighted by molar-refractivity contribution is -0.130. The molecule has 1 aromatic heterocycles. The van der Waals surface area contributed by atoms with E-state index < -0.39 is 58.3 Å². The summed E-state index contributed by atoms with van der Waals surface area (Å²) in [5.41, 5.74) is 1.93. The van der Waals surface area contributed by atoms with Gasteiger partial charge in [0.2, 0.25) is 0 Å². The maximum Gasteiger partial charge on any atom is 0.332 e. The van der Waals surface area contributed by atoms with Crippen molar-refractivity contribution in [2.24, 2.45) is 7.05 Å². The lowest BCUT2D eigenvalue weighted by Crippen LogP contribution is -2.45. The maximum absolute atomic E-state index is 13.7. The van der Waals surface area contributed by atoms with Crippen LogP contribution >= 0.6 is 0 Å². The highest BCUT2D eigenvalue weighted by atomic mass is 19.2. The molecule has 1 aromatic carbocycles. The predicted octanol–water partition coefficient (Wildman–Crippen LogP) is 0.467. The van der Waals surface area contributed by atoms with Crippen LogP contribution in [0.5, 0.6) is 0 Å². The summed E-state index contributed by atoms with van der Waals surface area (Å²) in [4.78, 5) is 63.7. The maximum atomic E-state index is 13.7. The number of urea groups is 1. The van der Waals surface area contributed by atoms with Crippen LogP contribution in [0.1, 0.15) is 36.2 Å². The van der Waals surface area contributed by atoms with Crippen molar-refractivity contribution < 1.29 is 23.2 Å². The molecule has 1 atom stereocenters. The minimum absolute atomic E-state index is 0.0309. The number of nitrogen functional groups attached to an aromatic ring is 1. The second-order valence-electron chi connectivity index (χ2n) is 7.56. The van der Waals surface area contributed by atoms with Gasteiger partial charge in [0.25, 0.3) is 11.5 Å². The number of halogens is 2. The molecule has 0 aliphatic carbocycles. The number of imide groups is 1. The van der Waals surface area contributed by atoms with E-state index in [9.17, 15) is 32.8 Å². The number of nitrogens with zero attached hydrogens (tertiary/aromatic N) is 3. The summed E-state index contributed by atoms with van der Waals surface area (Å²) in [7, 11) is 1.18. The molecule has 0 bridgehead atoms. The van der Waals surface area contributed by atoms with E-state index in [1.165, 1.54) is 14.0 Å². The number of nitrogens with one attached hydrogen (secondary N) is 1. The number of carbonyl (C=O) groups is 3. The van der Waals surface area contributed by atoms with Gasteiger partial charge in [0.15, 0.2) is 17.4 Å². The molecular weight excluding hydrogens is 428 g/mol. The number of hydrogen-bond donors (Lipinski definition) is 2.